The molecule has 0 bridgehead atoms. The monoisotopic (exact) mass is 302 g/mol. The Labute approximate surface area is 130 Å². The minimum atomic E-state index is 0.108. The van der Waals surface area contributed by atoms with E-state index in [4.69, 9.17) is 9.72 Å². The van der Waals surface area contributed by atoms with Crippen LogP contribution in [-0.2, 0) is 12.8 Å². The number of nitrogens with one attached hydrogen (secondary N) is 1. The standard InChI is InChI=1S/C17H22N2OS/c1-11(2)18-16(12-7-4-5-9-14(12)20-3)17-19-13-8-6-10-15(13)21-17/h4-5,7,9,11,16,18H,6,8,10H2,1-3H3. The summed E-state index contributed by atoms with van der Waals surface area (Å²) in [6.07, 6.45) is 3.57. The van der Waals surface area contributed by atoms with E-state index >= 15 is 0 Å². The number of aromatic nitrogens is 1. The Kier molecular flexibility index (Phi) is 4.27. The molecule has 0 aliphatic heterocycles. The average Bonchev–Trinajstić information content (AvgIpc) is 3.05. The Morgan fingerprint density at radius 2 is 2.05 bits per heavy atom. The predicted octanol–water partition coefficient (Wildman–Crippen LogP) is 3.73. The lowest BCUT2D eigenvalue weighted by molar-refractivity contribution is 0.401. The zero-order chi connectivity index (χ0) is 14.8. The highest BCUT2D eigenvalue weighted by atomic mass is 32.1. The zero-order valence-corrected chi connectivity index (χ0v) is 13.7. The fourth-order valence-corrected chi connectivity index (χ4v) is 4.10. The quantitative estimate of drug-likeness (QED) is 0.914. The summed E-state index contributed by atoms with van der Waals surface area (Å²) < 4.78 is 5.54. The molecule has 112 valence electrons. The summed E-state index contributed by atoms with van der Waals surface area (Å²) in [7, 11) is 1.73. The third-order valence-corrected chi connectivity index (χ3v) is 5.03. The maximum Gasteiger partial charge on any atom is 0.124 e. The number of hydrogen-bond acceptors (Lipinski definition) is 4. The van der Waals surface area contributed by atoms with Crippen LogP contribution in [0.4, 0.5) is 0 Å². The summed E-state index contributed by atoms with van der Waals surface area (Å²) in [4.78, 5) is 6.36. The number of methoxy groups -OCH3 is 1. The maximum absolute atomic E-state index is 5.54. The van der Waals surface area contributed by atoms with E-state index in [2.05, 4.69) is 31.3 Å². The van der Waals surface area contributed by atoms with Gasteiger partial charge in [-0.2, -0.15) is 0 Å². The molecule has 1 unspecified atom stereocenters. The van der Waals surface area contributed by atoms with E-state index in [9.17, 15) is 0 Å². The molecule has 1 aromatic carbocycles. The van der Waals surface area contributed by atoms with E-state index < -0.39 is 0 Å². The first-order chi connectivity index (χ1) is 10.2. The van der Waals surface area contributed by atoms with Gasteiger partial charge in [-0.3, -0.25) is 0 Å². The second kappa shape index (κ2) is 6.16. The molecule has 1 aromatic heterocycles. The number of para-hydroxylation sites is 1. The molecule has 0 spiro atoms. The molecule has 21 heavy (non-hydrogen) atoms. The zero-order valence-electron chi connectivity index (χ0n) is 12.8. The van der Waals surface area contributed by atoms with E-state index in [1.807, 2.05) is 23.5 Å². The van der Waals surface area contributed by atoms with E-state index in [1.54, 1.807) is 7.11 Å². The third kappa shape index (κ3) is 2.97. The minimum Gasteiger partial charge on any atom is -0.496 e. The van der Waals surface area contributed by atoms with Crippen molar-refractivity contribution in [3.8, 4) is 5.75 Å². The Balaban J connectivity index is 2.00. The summed E-state index contributed by atoms with van der Waals surface area (Å²) in [5.41, 5.74) is 2.47. The summed E-state index contributed by atoms with van der Waals surface area (Å²) in [6.45, 7) is 4.34. The van der Waals surface area contributed by atoms with Crippen LogP contribution in [0.15, 0.2) is 24.3 Å². The highest BCUT2D eigenvalue weighted by Gasteiger charge is 2.25. The highest BCUT2D eigenvalue weighted by Crippen LogP contribution is 2.36. The van der Waals surface area contributed by atoms with Crippen molar-refractivity contribution in [3.63, 3.8) is 0 Å². The van der Waals surface area contributed by atoms with Crippen molar-refractivity contribution in [1.82, 2.24) is 10.3 Å². The molecule has 0 fully saturated rings. The molecule has 1 aliphatic rings. The number of hydrogen-bond donors (Lipinski definition) is 1. The van der Waals surface area contributed by atoms with Gasteiger partial charge in [-0.05, 0) is 39.2 Å². The van der Waals surface area contributed by atoms with Crippen molar-refractivity contribution < 1.29 is 4.74 Å². The first-order valence-corrected chi connectivity index (χ1v) is 8.38. The first-order valence-electron chi connectivity index (χ1n) is 7.56. The molecular weight excluding hydrogens is 280 g/mol. The van der Waals surface area contributed by atoms with Gasteiger partial charge in [0, 0.05) is 16.5 Å². The number of benzene rings is 1. The number of thiazole rings is 1. The molecule has 1 N–H and O–H groups in total. The predicted molar refractivity (Wildman–Crippen MR) is 87.2 cm³/mol. The average molecular weight is 302 g/mol. The molecule has 3 rings (SSSR count). The van der Waals surface area contributed by atoms with Crippen molar-refractivity contribution in [3.05, 3.63) is 45.4 Å². The molecule has 4 heteroatoms. The van der Waals surface area contributed by atoms with Gasteiger partial charge in [0.15, 0.2) is 0 Å². The van der Waals surface area contributed by atoms with Gasteiger partial charge in [0.2, 0.25) is 0 Å². The molecule has 1 aliphatic carbocycles. The van der Waals surface area contributed by atoms with Crippen molar-refractivity contribution in [2.24, 2.45) is 0 Å². The van der Waals surface area contributed by atoms with Crippen molar-refractivity contribution in [2.75, 3.05) is 7.11 Å². The lowest BCUT2D eigenvalue weighted by atomic mass is 10.1. The summed E-state index contributed by atoms with van der Waals surface area (Å²) in [6, 6.07) is 8.72. The van der Waals surface area contributed by atoms with Crippen LogP contribution in [0.2, 0.25) is 0 Å². The molecule has 1 atom stereocenters. The molecule has 3 nitrogen and oxygen atoms in total. The SMILES string of the molecule is COc1ccccc1C(NC(C)C)c1nc2c(s1)CCC2. The second-order valence-corrected chi connectivity index (χ2v) is 6.89. The van der Waals surface area contributed by atoms with E-state index in [0.29, 0.717) is 6.04 Å². The maximum atomic E-state index is 5.54. The van der Waals surface area contributed by atoms with Crippen molar-refractivity contribution in [2.45, 2.75) is 45.2 Å². The lowest BCUT2D eigenvalue weighted by Gasteiger charge is -2.21. The summed E-state index contributed by atoms with van der Waals surface area (Å²) in [5, 5.41) is 4.81. The van der Waals surface area contributed by atoms with Crippen molar-refractivity contribution in [1.29, 1.82) is 0 Å². The van der Waals surface area contributed by atoms with Crippen LogP contribution in [0.1, 0.15) is 47.5 Å². The minimum absolute atomic E-state index is 0.108. The van der Waals surface area contributed by atoms with Crippen LogP contribution in [0.5, 0.6) is 5.75 Å². The van der Waals surface area contributed by atoms with Gasteiger partial charge >= 0.3 is 0 Å². The molecule has 0 amide bonds. The van der Waals surface area contributed by atoms with Gasteiger partial charge in [-0.1, -0.05) is 18.2 Å². The third-order valence-electron chi connectivity index (χ3n) is 3.81. The fourth-order valence-electron chi connectivity index (χ4n) is 2.87. The van der Waals surface area contributed by atoms with Gasteiger partial charge in [-0.15, -0.1) is 11.3 Å². The normalized spacial score (nSPS) is 15.2. The fraction of sp³-hybridized carbons (Fsp3) is 0.471. The molecule has 1 heterocycles. The van der Waals surface area contributed by atoms with Gasteiger partial charge < -0.3 is 10.1 Å². The Hall–Kier alpha value is -1.39. The number of fused-ring (bicyclic) bond motifs is 1. The molecular formula is C17H22N2OS. The van der Waals surface area contributed by atoms with Crippen molar-refractivity contribution >= 4 is 11.3 Å². The van der Waals surface area contributed by atoms with Crippen LogP contribution in [0.25, 0.3) is 0 Å². The topological polar surface area (TPSA) is 34.1 Å². The van der Waals surface area contributed by atoms with Gasteiger partial charge in [-0.25, -0.2) is 4.98 Å². The Bertz CT molecular complexity index is 600. The molecule has 0 saturated carbocycles. The van der Waals surface area contributed by atoms with E-state index in [1.165, 1.54) is 29.0 Å². The van der Waals surface area contributed by atoms with Gasteiger partial charge in [0.25, 0.3) is 0 Å². The number of nitrogens with zero attached hydrogens (tertiary/aromatic N) is 1. The van der Waals surface area contributed by atoms with Gasteiger partial charge in [0.1, 0.15) is 10.8 Å². The number of rotatable bonds is 5. The van der Waals surface area contributed by atoms with E-state index in [-0.39, 0.29) is 6.04 Å². The van der Waals surface area contributed by atoms with E-state index in [0.717, 1.165) is 17.2 Å². The summed E-state index contributed by atoms with van der Waals surface area (Å²) in [5.74, 6) is 0.922. The highest BCUT2D eigenvalue weighted by molar-refractivity contribution is 7.11. The number of aryl methyl sites for hydroxylation is 2. The van der Waals surface area contributed by atoms with Crippen LogP contribution in [-0.4, -0.2) is 18.1 Å². The molecule has 0 saturated heterocycles. The lowest BCUT2D eigenvalue weighted by Crippen LogP contribution is -2.29. The van der Waals surface area contributed by atoms with Crippen LogP contribution in [0, 0.1) is 0 Å². The van der Waals surface area contributed by atoms with Gasteiger partial charge in [0.05, 0.1) is 18.8 Å². The Morgan fingerprint density at radius 3 is 2.76 bits per heavy atom. The smallest absolute Gasteiger partial charge is 0.124 e. The summed E-state index contributed by atoms with van der Waals surface area (Å²) >= 11 is 1.86. The first kappa shape index (κ1) is 14.5. The molecule has 0 radical (unpaired) electrons. The van der Waals surface area contributed by atoms with Crippen LogP contribution in [0.3, 0.4) is 0 Å². The number of ether oxygens (including phenoxy) is 1. The molecule has 2 aromatic rings. The Morgan fingerprint density at radius 1 is 1.24 bits per heavy atom. The largest absolute Gasteiger partial charge is 0.496 e. The van der Waals surface area contributed by atoms with Crippen LogP contribution < -0.4 is 10.1 Å². The van der Waals surface area contributed by atoms with Crippen LogP contribution >= 0.6 is 11.3 Å². The second-order valence-electron chi connectivity index (χ2n) is 5.77.